The van der Waals surface area contributed by atoms with Crippen LogP contribution in [0.5, 0.6) is 0 Å². The highest BCUT2D eigenvalue weighted by Gasteiger charge is 2.02. The summed E-state index contributed by atoms with van der Waals surface area (Å²) in [4.78, 5) is 12.1. The Balaban J connectivity index is 3.34. The van der Waals surface area contributed by atoms with E-state index >= 15 is 0 Å². The van der Waals surface area contributed by atoms with E-state index in [0.717, 1.165) is 19.3 Å². The van der Waals surface area contributed by atoms with Gasteiger partial charge < -0.3 is 5.11 Å². The first-order valence-electron chi connectivity index (χ1n) is 18.1. The van der Waals surface area contributed by atoms with Crippen LogP contribution in [0.2, 0.25) is 0 Å². The second-order valence-corrected chi connectivity index (χ2v) is 12.5. The molecule has 0 aromatic heterocycles. The number of carbonyl (C=O) groups excluding carboxylic acids is 1. The van der Waals surface area contributed by atoms with Crippen molar-refractivity contribution < 1.29 is 9.90 Å². The Morgan fingerprint density at radius 3 is 0.897 bits per heavy atom. The number of hydrogen-bond acceptors (Lipinski definition) is 2. The molecule has 232 valence electrons. The van der Waals surface area contributed by atoms with Gasteiger partial charge in [-0.2, -0.15) is 0 Å². The molecule has 0 fully saturated rings. The predicted octanol–water partition coefficient (Wildman–Crippen LogP) is 13.5. The fraction of sp³-hybridized carbons (Fsp3) is 0.919. The lowest BCUT2D eigenvalue weighted by Crippen LogP contribution is -1.96. The molecule has 0 aliphatic carbocycles. The molecule has 0 aromatic carbocycles. The van der Waals surface area contributed by atoms with Crippen LogP contribution >= 0.6 is 0 Å². The van der Waals surface area contributed by atoms with Crippen molar-refractivity contribution in [2.24, 2.45) is 0 Å². The minimum Gasteiger partial charge on any atom is -0.512 e. The molecule has 0 amide bonds. The van der Waals surface area contributed by atoms with Gasteiger partial charge >= 0.3 is 0 Å². The quantitative estimate of drug-likeness (QED) is 0.0503. The number of aliphatic hydroxyl groups excluding tert-OH is 1. The molecule has 0 unspecified atom stereocenters. The molecule has 2 heteroatoms. The molecule has 0 aliphatic heterocycles. The van der Waals surface area contributed by atoms with Crippen LogP contribution in [0.4, 0.5) is 0 Å². The van der Waals surface area contributed by atoms with Crippen molar-refractivity contribution in [1.29, 1.82) is 0 Å². The van der Waals surface area contributed by atoms with Crippen LogP contribution in [0, 0.1) is 0 Å². The maximum atomic E-state index is 12.1. The average Bonchev–Trinajstić information content (AvgIpc) is 2.93. The fourth-order valence-corrected chi connectivity index (χ4v) is 5.68. The molecule has 0 radical (unpaired) electrons. The van der Waals surface area contributed by atoms with Gasteiger partial charge in [-0.1, -0.05) is 194 Å². The summed E-state index contributed by atoms with van der Waals surface area (Å²) < 4.78 is 0. The molecule has 0 saturated carbocycles. The molecule has 0 rings (SSSR count). The number of carbonyl (C=O) groups is 1. The van der Waals surface area contributed by atoms with E-state index in [4.69, 9.17) is 0 Å². The van der Waals surface area contributed by atoms with Crippen LogP contribution in [-0.4, -0.2) is 10.9 Å². The lowest BCUT2D eigenvalue weighted by Gasteiger charge is -2.04. The first-order chi connectivity index (χ1) is 19.2. The van der Waals surface area contributed by atoms with Crippen molar-refractivity contribution in [3.05, 3.63) is 11.8 Å². The molecule has 0 atom stereocenters. The van der Waals surface area contributed by atoms with Crippen molar-refractivity contribution in [1.82, 2.24) is 0 Å². The van der Waals surface area contributed by atoms with Crippen molar-refractivity contribution in [3.63, 3.8) is 0 Å². The van der Waals surface area contributed by atoms with Crippen LogP contribution < -0.4 is 0 Å². The summed E-state index contributed by atoms with van der Waals surface area (Å²) in [6.07, 6.45) is 43.1. The summed E-state index contributed by atoms with van der Waals surface area (Å²) in [7, 11) is 0. The SMILES string of the molecule is CCCCCCCCCCCCCCCCCC(=O)/C=C(\O)CCCCCCCCCCCCCCCCC. The summed E-state index contributed by atoms with van der Waals surface area (Å²) in [5.74, 6) is 0.416. The van der Waals surface area contributed by atoms with Gasteiger partial charge in [0, 0.05) is 18.9 Å². The Bertz CT molecular complexity index is 510. The van der Waals surface area contributed by atoms with Crippen molar-refractivity contribution >= 4 is 5.78 Å². The van der Waals surface area contributed by atoms with Gasteiger partial charge in [-0.25, -0.2) is 0 Å². The van der Waals surface area contributed by atoms with E-state index < -0.39 is 0 Å². The minimum atomic E-state index is 0.114. The summed E-state index contributed by atoms with van der Waals surface area (Å²) >= 11 is 0. The van der Waals surface area contributed by atoms with Gasteiger partial charge in [-0.15, -0.1) is 0 Å². The molecular weight excluding hydrogens is 476 g/mol. The Morgan fingerprint density at radius 1 is 0.385 bits per heavy atom. The van der Waals surface area contributed by atoms with Crippen LogP contribution in [-0.2, 0) is 4.79 Å². The molecule has 0 saturated heterocycles. The Morgan fingerprint density at radius 2 is 0.615 bits per heavy atom. The highest BCUT2D eigenvalue weighted by molar-refractivity contribution is 5.89. The van der Waals surface area contributed by atoms with E-state index in [-0.39, 0.29) is 5.78 Å². The van der Waals surface area contributed by atoms with Crippen LogP contribution in [0.1, 0.15) is 219 Å². The fourth-order valence-electron chi connectivity index (χ4n) is 5.68. The second-order valence-electron chi connectivity index (χ2n) is 12.5. The number of unbranched alkanes of at least 4 members (excludes halogenated alkanes) is 28. The molecule has 39 heavy (non-hydrogen) atoms. The molecular formula is C37H72O2. The standard InChI is InChI=1S/C37H72O2/c1-3-5-7-9-11-13-15-17-19-21-23-25-27-29-31-33-36(38)35-37(39)34-32-30-28-26-24-22-20-18-16-14-12-10-8-6-4-2/h35,38H,3-34H2,1-2H3/b36-35-. The second kappa shape index (κ2) is 33.4. The molecule has 0 bridgehead atoms. The number of rotatable bonds is 33. The van der Waals surface area contributed by atoms with Gasteiger partial charge in [-0.05, 0) is 12.8 Å². The third-order valence-electron chi connectivity index (χ3n) is 8.39. The van der Waals surface area contributed by atoms with Crippen molar-refractivity contribution in [2.45, 2.75) is 219 Å². The van der Waals surface area contributed by atoms with Crippen LogP contribution in [0.3, 0.4) is 0 Å². The number of aliphatic hydroxyl groups is 1. The van der Waals surface area contributed by atoms with E-state index in [2.05, 4.69) is 13.8 Å². The predicted molar refractivity (Wildman–Crippen MR) is 175 cm³/mol. The lowest BCUT2D eigenvalue weighted by molar-refractivity contribution is -0.114. The monoisotopic (exact) mass is 549 g/mol. The summed E-state index contributed by atoms with van der Waals surface area (Å²) in [6, 6.07) is 0. The normalized spacial score (nSPS) is 11.9. The minimum absolute atomic E-state index is 0.114. The highest BCUT2D eigenvalue weighted by atomic mass is 16.3. The van der Waals surface area contributed by atoms with Crippen molar-refractivity contribution in [2.75, 3.05) is 0 Å². The van der Waals surface area contributed by atoms with E-state index in [9.17, 15) is 9.90 Å². The molecule has 1 N–H and O–H groups in total. The van der Waals surface area contributed by atoms with Gasteiger partial charge in [0.25, 0.3) is 0 Å². The molecule has 0 aliphatic rings. The largest absolute Gasteiger partial charge is 0.512 e. The zero-order valence-electron chi connectivity index (χ0n) is 27.1. The maximum Gasteiger partial charge on any atom is 0.159 e. The molecule has 0 spiro atoms. The van der Waals surface area contributed by atoms with Gasteiger partial charge in [0.1, 0.15) is 0 Å². The van der Waals surface area contributed by atoms with Gasteiger partial charge in [-0.3, -0.25) is 4.79 Å². The Labute approximate surface area is 246 Å². The number of hydrogen-bond donors (Lipinski definition) is 1. The molecule has 0 aromatic rings. The first kappa shape index (κ1) is 38.2. The van der Waals surface area contributed by atoms with Crippen LogP contribution in [0.15, 0.2) is 11.8 Å². The molecule has 2 nitrogen and oxygen atoms in total. The van der Waals surface area contributed by atoms with Gasteiger partial charge in [0.2, 0.25) is 0 Å². The van der Waals surface area contributed by atoms with Crippen molar-refractivity contribution in [3.8, 4) is 0 Å². The van der Waals surface area contributed by atoms with E-state index in [0.29, 0.717) is 18.6 Å². The van der Waals surface area contributed by atoms with E-state index in [1.807, 2.05) is 0 Å². The van der Waals surface area contributed by atoms with E-state index in [1.165, 1.54) is 179 Å². The maximum absolute atomic E-state index is 12.1. The average molecular weight is 549 g/mol. The van der Waals surface area contributed by atoms with Gasteiger partial charge in [0.15, 0.2) is 5.78 Å². The Kier molecular flexibility index (Phi) is 32.7. The zero-order chi connectivity index (χ0) is 28.5. The smallest absolute Gasteiger partial charge is 0.159 e. The number of ketones is 1. The summed E-state index contributed by atoms with van der Waals surface area (Å²) in [6.45, 7) is 4.57. The zero-order valence-corrected chi connectivity index (χ0v) is 27.1. The summed E-state index contributed by atoms with van der Waals surface area (Å²) in [5, 5.41) is 10.1. The van der Waals surface area contributed by atoms with Gasteiger partial charge in [0.05, 0.1) is 5.76 Å². The Hall–Kier alpha value is -0.790. The lowest BCUT2D eigenvalue weighted by atomic mass is 10.0. The van der Waals surface area contributed by atoms with Crippen LogP contribution in [0.25, 0.3) is 0 Å². The third kappa shape index (κ3) is 33.3. The highest BCUT2D eigenvalue weighted by Crippen LogP contribution is 2.16. The summed E-state index contributed by atoms with van der Waals surface area (Å²) in [5.41, 5.74) is 0. The number of allylic oxidation sites excluding steroid dienone is 2. The first-order valence-corrected chi connectivity index (χ1v) is 18.1. The topological polar surface area (TPSA) is 37.3 Å². The third-order valence-corrected chi connectivity index (χ3v) is 8.39. The molecule has 0 heterocycles. The van der Waals surface area contributed by atoms with E-state index in [1.54, 1.807) is 0 Å².